The van der Waals surface area contributed by atoms with E-state index in [0.717, 1.165) is 17.8 Å². The molecule has 134 valence electrons. The quantitative estimate of drug-likeness (QED) is 0.649. The molecular weight excluding hydrogens is 306 g/mol. The van der Waals surface area contributed by atoms with E-state index < -0.39 is 11.9 Å². The molecule has 0 spiro atoms. The Morgan fingerprint density at radius 3 is 2.08 bits per heavy atom. The van der Waals surface area contributed by atoms with Crippen LogP contribution in [0.5, 0.6) is 0 Å². The van der Waals surface area contributed by atoms with E-state index >= 15 is 0 Å². The predicted octanol–water partition coefficient (Wildman–Crippen LogP) is 1.09. The Labute approximate surface area is 143 Å². The highest BCUT2D eigenvalue weighted by Crippen LogP contribution is 2.59. The van der Waals surface area contributed by atoms with Crippen molar-refractivity contribution in [2.24, 2.45) is 28.9 Å². The number of carbonyl (C=O) groups is 3. The standard InChI is InChI=1S/C18H29N3O3/c1-11(22)21-15(2-3-16(19)23)17(24)20-10-18-7-12-4-13(8-18)6-14(5-12)9-18/h12-15H,2-10H2,1H3,(H2,19,23)(H,20,24)(H,21,22)/t12?,13?,14?,15-,18?/m1/s1. The zero-order chi connectivity index (χ0) is 17.3. The molecule has 4 aliphatic carbocycles. The Balaban J connectivity index is 1.56. The minimum atomic E-state index is -0.677. The predicted molar refractivity (Wildman–Crippen MR) is 89.6 cm³/mol. The molecule has 0 aliphatic heterocycles. The fourth-order valence-corrected chi connectivity index (χ4v) is 5.71. The zero-order valence-corrected chi connectivity index (χ0v) is 14.5. The van der Waals surface area contributed by atoms with Crippen LogP contribution in [0.15, 0.2) is 0 Å². The Bertz CT molecular complexity index is 496. The molecule has 0 radical (unpaired) electrons. The van der Waals surface area contributed by atoms with Crippen molar-refractivity contribution in [2.45, 2.75) is 64.3 Å². The van der Waals surface area contributed by atoms with Crippen LogP contribution in [-0.4, -0.2) is 30.3 Å². The molecule has 0 unspecified atom stereocenters. The molecule has 4 rings (SSSR count). The maximum absolute atomic E-state index is 12.5. The second kappa shape index (κ2) is 6.73. The van der Waals surface area contributed by atoms with Gasteiger partial charge in [0.15, 0.2) is 0 Å². The van der Waals surface area contributed by atoms with Gasteiger partial charge in [-0.3, -0.25) is 14.4 Å². The first-order valence-corrected chi connectivity index (χ1v) is 9.18. The highest BCUT2D eigenvalue weighted by atomic mass is 16.2. The number of carbonyl (C=O) groups excluding carboxylic acids is 3. The summed E-state index contributed by atoms with van der Waals surface area (Å²) < 4.78 is 0. The number of amides is 3. The fraction of sp³-hybridized carbons (Fsp3) is 0.833. The molecule has 0 aromatic heterocycles. The van der Waals surface area contributed by atoms with Gasteiger partial charge in [-0.25, -0.2) is 0 Å². The van der Waals surface area contributed by atoms with E-state index in [4.69, 9.17) is 5.73 Å². The summed E-state index contributed by atoms with van der Waals surface area (Å²) in [5.74, 6) is 1.60. The van der Waals surface area contributed by atoms with Crippen molar-refractivity contribution in [2.75, 3.05) is 6.54 Å². The summed E-state index contributed by atoms with van der Waals surface area (Å²) >= 11 is 0. The number of rotatable bonds is 7. The SMILES string of the molecule is CC(=O)N[C@H](CCC(N)=O)C(=O)NCC12CC3CC(CC(C3)C1)C2. The van der Waals surface area contributed by atoms with E-state index in [1.807, 2.05) is 0 Å². The molecule has 6 nitrogen and oxygen atoms in total. The molecule has 6 heteroatoms. The van der Waals surface area contributed by atoms with Crippen molar-refractivity contribution >= 4 is 17.7 Å². The smallest absolute Gasteiger partial charge is 0.242 e. The van der Waals surface area contributed by atoms with Crippen LogP contribution in [0.25, 0.3) is 0 Å². The average molecular weight is 335 g/mol. The maximum atomic E-state index is 12.5. The summed E-state index contributed by atoms with van der Waals surface area (Å²) in [6.45, 7) is 2.08. The van der Waals surface area contributed by atoms with E-state index in [1.54, 1.807) is 0 Å². The van der Waals surface area contributed by atoms with Crippen molar-refractivity contribution in [3.05, 3.63) is 0 Å². The Kier molecular flexibility index (Phi) is 4.83. The first-order valence-electron chi connectivity index (χ1n) is 9.18. The molecule has 24 heavy (non-hydrogen) atoms. The number of hydrogen-bond acceptors (Lipinski definition) is 3. The third-order valence-corrected chi connectivity index (χ3v) is 6.18. The Hall–Kier alpha value is -1.59. The molecule has 4 aliphatic rings. The molecule has 4 saturated carbocycles. The third kappa shape index (κ3) is 3.90. The zero-order valence-electron chi connectivity index (χ0n) is 14.5. The minimum absolute atomic E-state index is 0.0930. The van der Waals surface area contributed by atoms with Crippen molar-refractivity contribution in [3.63, 3.8) is 0 Å². The second-order valence-corrected chi connectivity index (χ2v) is 8.39. The van der Waals surface area contributed by atoms with Crippen molar-refractivity contribution in [1.82, 2.24) is 10.6 Å². The lowest BCUT2D eigenvalue weighted by atomic mass is 9.49. The van der Waals surface area contributed by atoms with E-state index in [0.29, 0.717) is 6.54 Å². The average Bonchev–Trinajstić information content (AvgIpc) is 2.47. The summed E-state index contributed by atoms with van der Waals surface area (Å²) in [5, 5.41) is 5.70. The van der Waals surface area contributed by atoms with Gasteiger partial charge in [0, 0.05) is 19.9 Å². The lowest BCUT2D eigenvalue weighted by molar-refractivity contribution is -0.130. The molecule has 0 aromatic rings. The van der Waals surface area contributed by atoms with Crippen molar-refractivity contribution in [1.29, 1.82) is 0 Å². The summed E-state index contributed by atoms with van der Waals surface area (Å²) in [6.07, 6.45) is 8.15. The molecule has 0 heterocycles. The van der Waals surface area contributed by atoms with E-state index in [1.165, 1.54) is 45.4 Å². The fourth-order valence-electron chi connectivity index (χ4n) is 5.71. The molecule has 0 aromatic carbocycles. The van der Waals surface area contributed by atoms with Gasteiger partial charge in [0.05, 0.1) is 0 Å². The van der Waals surface area contributed by atoms with Gasteiger partial charge in [0.1, 0.15) is 6.04 Å². The van der Waals surface area contributed by atoms with Gasteiger partial charge in [-0.15, -0.1) is 0 Å². The minimum Gasteiger partial charge on any atom is -0.370 e. The largest absolute Gasteiger partial charge is 0.370 e. The monoisotopic (exact) mass is 335 g/mol. The van der Waals surface area contributed by atoms with Crippen molar-refractivity contribution < 1.29 is 14.4 Å². The van der Waals surface area contributed by atoms with Gasteiger partial charge in [-0.2, -0.15) is 0 Å². The van der Waals surface area contributed by atoms with Crippen LogP contribution in [0.4, 0.5) is 0 Å². The maximum Gasteiger partial charge on any atom is 0.242 e. The van der Waals surface area contributed by atoms with Crippen LogP contribution in [0, 0.1) is 23.2 Å². The van der Waals surface area contributed by atoms with E-state index in [9.17, 15) is 14.4 Å². The van der Waals surface area contributed by atoms with Gasteiger partial charge in [-0.1, -0.05) is 0 Å². The van der Waals surface area contributed by atoms with Gasteiger partial charge in [0.25, 0.3) is 0 Å². The van der Waals surface area contributed by atoms with Gasteiger partial charge in [-0.05, 0) is 68.1 Å². The Morgan fingerprint density at radius 1 is 1.08 bits per heavy atom. The third-order valence-electron chi connectivity index (χ3n) is 6.18. The number of nitrogens with one attached hydrogen (secondary N) is 2. The molecule has 1 atom stereocenters. The van der Waals surface area contributed by atoms with Crippen LogP contribution in [0.1, 0.15) is 58.3 Å². The number of primary amides is 1. The molecule has 4 bridgehead atoms. The molecule has 0 saturated heterocycles. The summed E-state index contributed by atoms with van der Waals surface area (Å²) in [5.41, 5.74) is 5.42. The topological polar surface area (TPSA) is 101 Å². The lowest BCUT2D eigenvalue weighted by Gasteiger charge is -2.57. The highest BCUT2D eigenvalue weighted by Gasteiger charge is 2.50. The van der Waals surface area contributed by atoms with Crippen LogP contribution < -0.4 is 16.4 Å². The highest BCUT2D eigenvalue weighted by molar-refractivity contribution is 5.87. The molecular formula is C18H29N3O3. The van der Waals surface area contributed by atoms with Gasteiger partial charge in [0.2, 0.25) is 17.7 Å². The first kappa shape index (κ1) is 17.2. The van der Waals surface area contributed by atoms with E-state index in [2.05, 4.69) is 10.6 Å². The van der Waals surface area contributed by atoms with Crippen molar-refractivity contribution in [3.8, 4) is 0 Å². The van der Waals surface area contributed by atoms with Crippen LogP contribution >= 0.6 is 0 Å². The molecule has 3 amide bonds. The summed E-state index contributed by atoms with van der Waals surface area (Å²) in [4.78, 5) is 34.8. The number of nitrogens with two attached hydrogens (primary N) is 1. The lowest BCUT2D eigenvalue weighted by Crippen LogP contribution is -2.54. The summed E-state index contributed by atoms with van der Waals surface area (Å²) in [6, 6.07) is -0.677. The Morgan fingerprint density at radius 2 is 1.62 bits per heavy atom. The summed E-state index contributed by atoms with van der Waals surface area (Å²) in [7, 11) is 0. The van der Waals surface area contributed by atoms with Crippen LogP contribution in [0.2, 0.25) is 0 Å². The van der Waals surface area contributed by atoms with E-state index in [-0.39, 0.29) is 30.1 Å². The molecule has 4 N–H and O–H groups in total. The molecule has 4 fully saturated rings. The van der Waals surface area contributed by atoms with Gasteiger partial charge >= 0.3 is 0 Å². The normalized spacial score (nSPS) is 34.6. The van der Waals surface area contributed by atoms with Crippen LogP contribution in [-0.2, 0) is 14.4 Å². The second-order valence-electron chi connectivity index (χ2n) is 8.39. The van der Waals surface area contributed by atoms with Gasteiger partial charge < -0.3 is 16.4 Å². The first-order chi connectivity index (χ1) is 11.3. The van der Waals surface area contributed by atoms with Crippen LogP contribution in [0.3, 0.4) is 0 Å². The number of hydrogen-bond donors (Lipinski definition) is 3.